The molecule has 2 rings (SSSR count). The zero-order valence-corrected chi connectivity index (χ0v) is 18.1. The normalized spacial score (nSPS) is 8.57. The molecule has 0 bridgehead atoms. The van der Waals surface area contributed by atoms with Gasteiger partial charge in [0.05, 0.1) is 0 Å². The molecular weight excluding hydrogens is 381 g/mol. The molecule has 23 heavy (non-hydrogen) atoms. The van der Waals surface area contributed by atoms with Gasteiger partial charge in [0.15, 0.2) is 0 Å². The first kappa shape index (κ1) is 25.1. The molecule has 0 saturated heterocycles. The van der Waals surface area contributed by atoms with E-state index in [-0.39, 0.29) is 0 Å². The number of hydrogen-bond acceptors (Lipinski definition) is 1. The van der Waals surface area contributed by atoms with E-state index in [1.807, 2.05) is 0 Å². The maximum Gasteiger partial charge on any atom is -0.0809 e. The van der Waals surface area contributed by atoms with Gasteiger partial charge in [-0.1, -0.05) is 38.9 Å². The second kappa shape index (κ2) is 19.9. The van der Waals surface area contributed by atoms with Crippen LogP contribution in [0.4, 0.5) is 0 Å². The molecule has 0 fully saturated rings. The van der Waals surface area contributed by atoms with Crippen LogP contribution < -0.4 is 0 Å². The van der Waals surface area contributed by atoms with Crippen LogP contribution in [-0.4, -0.2) is 15.4 Å². The second-order valence-corrected chi connectivity index (χ2v) is 8.19. The fourth-order valence-corrected chi connectivity index (χ4v) is 1.61. The van der Waals surface area contributed by atoms with E-state index in [1.54, 1.807) is 0 Å². The molecule has 2 aromatic carbocycles. The fraction of sp³-hybridized carbons (Fsp3) is 0.412. The molecule has 0 aliphatic heterocycles. The Bertz CT molecular complexity index is 462. The molecule has 0 saturated carbocycles. The van der Waals surface area contributed by atoms with Crippen LogP contribution in [-0.2, 0) is 21.8 Å². The van der Waals surface area contributed by atoms with Gasteiger partial charge in [0.1, 0.15) is 0 Å². The molecule has 0 unspecified atom stereocenters. The van der Waals surface area contributed by atoms with Crippen molar-refractivity contribution in [1.82, 2.24) is 0 Å². The molecule has 0 aliphatic carbocycles. The summed E-state index contributed by atoms with van der Waals surface area (Å²) in [4.78, 5) is 9.99. The molecule has 6 heteroatoms. The molecule has 0 atom stereocenters. The number of hydrogen-bond donors (Lipinski definition) is 0. The zero-order valence-electron chi connectivity index (χ0n) is 14.0. The summed E-state index contributed by atoms with van der Waals surface area (Å²) in [5, 5.41) is 2.66. The molecule has 1 amide bonds. The summed E-state index contributed by atoms with van der Waals surface area (Å²) in [5.41, 5.74) is 6.52. The standard InChI is InChI=1S/C9H7.C6H13NO.C2H6Si.2ClH.Ti/c1-2-5-9-7-3-6-8(9)4-1;1-2-3-4-5-6(7)8;1-3-2;;;/h1-7H;2-5H2,1H3,(H2,7,8);1-2H3;2*1H;/q-1;;;;;+2/p-3. The van der Waals surface area contributed by atoms with Gasteiger partial charge in [-0.15, -0.1) is 29.7 Å². The first-order chi connectivity index (χ1) is 11.1. The second-order valence-electron chi connectivity index (χ2n) is 4.61. The number of halogens is 2. The summed E-state index contributed by atoms with van der Waals surface area (Å²) < 4.78 is 0. The Balaban J connectivity index is 0. The summed E-state index contributed by atoms with van der Waals surface area (Å²) >= 11 is -0.556. The third-order valence-electron chi connectivity index (χ3n) is 2.55. The van der Waals surface area contributed by atoms with E-state index in [0.717, 1.165) is 28.8 Å². The van der Waals surface area contributed by atoms with E-state index >= 15 is 0 Å². The van der Waals surface area contributed by atoms with Crippen molar-refractivity contribution in [2.45, 2.75) is 45.7 Å². The monoisotopic (exact) mass is 405 g/mol. The topological polar surface area (TPSA) is 40.9 Å². The van der Waals surface area contributed by atoms with E-state index in [0.29, 0.717) is 6.42 Å². The molecule has 0 heterocycles. The molecule has 0 spiro atoms. The van der Waals surface area contributed by atoms with E-state index in [9.17, 15) is 4.79 Å². The van der Waals surface area contributed by atoms with Crippen LogP contribution in [0.5, 0.6) is 0 Å². The number of carbonyl (C=O) groups is 1. The van der Waals surface area contributed by atoms with Gasteiger partial charge in [0.2, 0.25) is 0 Å². The van der Waals surface area contributed by atoms with Crippen molar-refractivity contribution in [3.8, 4) is 0 Å². The summed E-state index contributed by atoms with van der Waals surface area (Å²) in [7, 11) is 10.9. The Morgan fingerprint density at radius 1 is 1.22 bits per heavy atom. The van der Waals surface area contributed by atoms with Crippen LogP contribution in [0.2, 0.25) is 13.1 Å². The molecule has 0 aliphatic rings. The van der Waals surface area contributed by atoms with Crippen LogP contribution in [0, 0.1) is 0 Å². The minimum absolute atomic E-state index is 0.432. The fourth-order valence-electron chi connectivity index (χ4n) is 1.61. The number of carbonyl (C=O) groups excluding carboxylic acids is 1. The largest absolute Gasteiger partial charge is 0.168 e. The zero-order chi connectivity index (χ0) is 17.9. The van der Waals surface area contributed by atoms with Crippen molar-refractivity contribution in [3.63, 3.8) is 0 Å². The van der Waals surface area contributed by atoms with Gasteiger partial charge in [0, 0.05) is 15.4 Å². The summed E-state index contributed by atoms with van der Waals surface area (Å²) in [6, 6.07) is 14.7. The SMILES string of the molecule is CCCCCC([NH-])=O.C[Si]C.[Cl][Ti][Cl].c1ccc2[cH-]ccc2c1. The van der Waals surface area contributed by atoms with Gasteiger partial charge in [-0.05, 0) is 12.8 Å². The van der Waals surface area contributed by atoms with Crippen LogP contribution in [0.3, 0.4) is 0 Å². The van der Waals surface area contributed by atoms with E-state index in [4.69, 9.17) is 24.3 Å². The van der Waals surface area contributed by atoms with Crippen LogP contribution in [0.1, 0.15) is 32.6 Å². The average Bonchev–Trinajstić information content (AvgIpc) is 2.98. The summed E-state index contributed by atoms with van der Waals surface area (Å²) in [5.74, 6) is -0.432. The first-order valence-corrected chi connectivity index (χ1v) is 13.8. The Labute approximate surface area is 160 Å². The van der Waals surface area contributed by atoms with Crippen molar-refractivity contribution < 1.29 is 21.8 Å². The number of amides is 1. The van der Waals surface area contributed by atoms with Gasteiger partial charge < -0.3 is 10.5 Å². The predicted octanol–water partition coefficient (Wildman–Crippen LogP) is 6.87. The van der Waals surface area contributed by atoms with Crippen LogP contribution >= 0.6 is 18.6 Å². The van der Waals surface area contributed by atoms with Crippen molar-refractivity contribution >= 4 is 44.8 Å². The van der Waals surface area contributed by atoms with Crippen LogP contribution in [0.15, 0.2) is 42.5 Å². The predicted molar refractivity (Wildman–Crippen MR) is 102 cm³/mol. The van der Waals surface area contributed by atoms with Gasteiger partial charge in [-0.25, -0.2) is 0 Å². The molecule has 2 nitrogen and oxygen atoms in total. The Morgan fingerprint density at radius 3 is 2.26 bits per heavy atom. The summed E-state index contributed by atoms with van der Waals surface area (Å²) in [6.07, 6.45) is 3.52. The van der Waals surface area contributed by atoms with E-state index in [2.05, 4.69) is 62.5 Å². The average molecular weight is 406 g/mol. The first-order valence-electron chi connectivity index (χ1n) is 7.46. The van der Waals surface area contributed by atoms with Gasteiger partial charge in [0.25, 0.3) is 0 Å². The Hall–Kier alpha value is -0.189. The Kier molecular flexibility index (Phi) is 21.6. The van der Waals surface area contributed by atoms with Crippen molar-refractivity contribution in [2.24, 2.45) is 0 Å². The summed E-state index contributed by atoms with van der Waals surface area (Å²) in [6.45, 7) is 6.38. The number of unbranched alkanes of at least 4 members (excludes halogenated alkanes) is 2. The van der Waals surface area contributed by atoms with E-state index in [1.165, 1.54) is 10.8 Å². The molecule has 0 aromatic heterocycles. The van der Waals surface area contributed by atoms with Gasteiger partial charge in [-0.3, -0.25) is 0 Å². The van der Waals surface area contributed by atoms with Gasteiger partial charge >= 0.3 is 35.6 Å². The van der Waals surface area contributed by atoms with Crippen molar-refractivity contribution in [1.29, 1.82) is 0 Å². The van der Waals surface area contributed by atoms with Gasteiger partial charge in [-0.2, -0.15) is 17.5 Å². The number of benzene rings is 1. The minimum Gasteiger partial charge on any atom is -0.168 e. The maximum atomic E-state index is 9.99. The number of rotatable bonds is 4. The van der Waals surface area contributed by atoms with Crippen molar-refractivity contribution in [2.75, 3.05) is 0 Å². The van der Waals surface area contributed by atoms with Crippen molar-refractivity contribution in [3.05, 3.63) is 48.2 Å². The number of fused-ring (bicyclic) bond motifs is 1. The molecule has 2 aromatic rings. The Morgan fingerprint density at radius 2 is 1.78 bits per heavy atom. The molecular formula is C17H25Cl2NOSiTi-2. The molecule has 1 N–H and O–H groups in total. The number of nitrogens with one attached hydrogen (secondary N) is 1. The maximum absolute atomic E-state index is 9.99. The smallest absolute Gasteiger partial charge is 0.0809 e. The third-order valence-corrected chi connectivity index (χ3v) is 2.55. The van der Waals surface area contributed by atoms with E-state index < -0.39 is 22.9 Å². The van der Waals surface area contributed by atoms with Crippen LogP contribution in [0.25, 0.3) is 16.5 Å². The molecule has 128 valence electrons. The third kappa shape index (κ3) is 18.0. The minimum atomic E-state index is -0.556. The molecule has 2 radical (unpaired) electrons. The quantitative estimate of drug-likeness (QED) is 0.310.